The number of nitrogens with two attached hydrogens (primary N) is 1. The molecule has 34 heavy (non-hydrogen) atoms. The first-order valence-corrected chi connectivity index (χ1v) is 12.1. The summed E-state index contributed by atoms with van der Waals surface area (Å²) in [6.07, 6.45) is 5.33. The van der Waals surface area contributed by atoms with E-state index in [1.54, 1.807) is 10.8 Å². The minimum absolute atomic E-state index is 0.169. The molecule has 3 atom stereocenters. The lowest BCUT2D eigenvalue weighted by atomic mass is 10.2. The Balaban J connectivity index is 1.46. The highest BCUT2D eigenvalue weighted by molar-refractivity contribution is 6.17. The zero-order chi connectivity index (χ0) is 24.3. The summed E-state index contributed by atoms with van der Waals surface area (Å²) in [5.41, 5.74) is 6.76. The molecule has 1 aliphatic rings. The molecule has 190 valence electrons. The monoisotopic (exact) mass is 499 g/mol. The lowest BCUT2D eigenvalue weighted by Crippen LogP contribution is -2.27. The number of carbonyl (C=O) groups is 1. The summed E-state index contributed by atoms with van der Waals surface area (Å²) in [6.45, 7) is 2.00. The van der Waals surface area contributed by atoms with Crippen molar-refractivity contribution in [2.24, 2.45) is 0 Å². The van der Waals surface area contributed by atoms with Gasteiger partial charge < -0.3 is 40.0 Å². The number of hydrogen-bond acceptors (Lipinski definition) is 9. The van der Waals surface area contributed by atoms with Crippen LogP contribution in [0.5, 0.6) is 0 Å². The second kappa shape index (κ2) is 13.8. The Kier molecular flexibility index (Phi) is 10.8. The predicted octanol–water partition coefficient (Wildman–Crippen LogP) is 1.22. The van der Waals surface area contributed by atoms with Gasteiger partial charge in [0.2, 0.25) is 0 Å². The van der Waals surface area contributed by atoms with E-state index in [9.17, 15) is 15.0 Å². The summed E-state index contributed by atoms with van der Waals surface area (Å²) in [4.78, 5) is 21.1. The third-order valence-electron chi connectivity index (χ3n) is 5.65. The van der Waals surface area contributed by atoms with E-state index in [1.807, 2.05) is 0 Å². The van der Waals surface area contributed by atoms with Crippen molar-refractivity contribution in [2.75, 3.05) is 51.2 Å². The maximum absolute atomic E-state index is 12.9. The highest BCUT2D eigenvalue weighted by Crippen LogP contribution is 2.34. The number of carbonyl (C=O) groups excluding carboxylic acids is 1. The zero-order valence-electron chi connectivity index (χ0n) is 19.2. The van der Waals surface area contributed by atoms with Crippen LogP contribution in [0.25, 0.3) is 11.0 Å². The minimum atomic E-state index is -0.819. The largest absolute Gasteiger partial charge is 0.394 e. The van der Waals surface area contributed by atoms with Crippen molar-refractivity contribution in [3.8, 4) is 0 Å². The summed E-state index contributed by atoms with van der Waals surface area (Å²) < 4.78 is 18.4. The highest BCUT2D eigenvalue weighted by Gasteiger charge is 2.36. The maximum Gasteiger partial charge on any atom is 0.253 e. The van der Waals surface area contributed by atoms with Crippen LogP contribution in [0.3, 0.4) is 0 Å². The summed E-state index contributed by atoms with van der Waals surface area (Å²) in [5, 5.41) is 22.7. The number of aromatic nitrogens is 3. The number of hydrogen-bond donors (Lipinski definition) is 4. The summed E-state index contributed by atoms with van der Waals surface area (Å²) in [5.74, 6) is 0.528. The van der Waals surface area contributed by atoms with Crippen LogP contribution >= 0.6 is 11.6 Å². The Morgan fingerprint density at radius 3 is 2.71 bits per heavy atom. The van der Waals surface area contributed by atoms with Crippen LogP contribution in [-0.2, 0) is 14.2 Å². The van der Waals surface area contributed by atoms with E-state index in [1.165, 1.54) is 6.33 Å². The zero-order valence-corrected chi connectivity index (χ0v) is 20.0. The Morgan fingerprint density at radius 1 is 1.21 bits per heavy atom. The Bertz CT molecular complexity index is 913. The molecule has 0 spiro atoms. The molecule has 3 rings (SSSR count). The SMILES string of the molecule is Nc1ncnc2c1c(C(=O)NCCOCCOCCCCCCCl)cn2[C@H]1CC(O)[C@@H](CO)O1. The molecule has 0 radical (unpaired) electrons. The molecule has 0 aromatic carbocycles. The van der Waals surface area contributed by atoms with E-state index in [-0.39, 0.29) is 24.8 Å². The number of nitrogen functional groups attached to an aromatic ring is 1. The molecule has 0 saturated carbocycles. The van der Waals surface area contributed by atoms with E-state index in [2.05, 4.69) is 15.3 Å². The van der Waals surface area contributed by atoms with Crippen molar-refractivity contribution in [1.29, 1.82) is 0 Å². The van der Waals surface area contributed by atoms with Crippen LogP contribution in [0.4, 0.5) is 5.82 Å². The lowest BCUT2D eigenvalue weighted by molar-refractivity contribution is -0.0430. The van der Waals surface area contributed by atoms with Crippen LogP contribution in [0, 0.1) is 0 Å². The van der Waals surface area contributed by atoms with Gasteiger partial charge in [-0.05, 0) is 12.8 Å². The van der Waals surface area contributed by atoms with Crippen LogP contribution in [0.1, 0.15) is 48.7 Å². The number of ether oxygens (including phenoxy) is 3. The molecule has 1 saturated heterocycles. The molecule has 5 N–H and O–H groups in total. The maximum atomic E-state index is 12.9. The molecule has 11 nitrogen and oxygen atoms in total. The van der Waals surface area contributed by atoms with Gasteiger partial charge in [0, 0.05) is 31.6 Å². The van der Waals surface area contributed by atoms with Crippen molar-refractivity contribution in [1.82, 2.24) is 19.9 Å². The average Bonchev–Trinajstić information content (AvgIpc) is 3.41. The second-order valence-electron chi connectivity index (χ2n) is 8.11. The molecule has 0 bridgehead atoms. The number of nitrogens with one attached hydrogen (secondary N) is 1. The first-order chi connectivity index (χ1) is 16.6. The fourth-order valence-electron chi connectivity index (χ4n) is 3.86. The Labute approximate surface area is 203 Å². The van der Waals surface area contributed by atoms with E-state index in [0.29, 0.717) is 55.4 Å². The van der Waals surface area contributed by atoms with Crippen molar-refractivity contribution in [3.63, 3.8) is 0 Å². The summed E-state index contributed by atoms with van der Waals surface area (Å²) >= 11 is 5.65. The minimum Gasteiger partial charge on any atom is -0.394 e. The molecule has 2 aromatic heterocycles. The van der Waals surface area contributed by atoms with Gasteiger partial charge in [-0.1, -0.05) is 12.8 Å². The van der Waals surface area contributed by atoms with Crippen LogP contribution < -0.4 is 11.1 Å². The Hall–Kier alpha value is -2.02. The first-order valence-electron chi connectivity index (χ1n) is 11.6. The van der Waals surface area contributed by atoms with E-state index in [4.69, 9.17) is 31.5 Å². The lowest BCUT2D eigenvalue weighted by Gasteiger charge is -2.14. The van der Waals surface area contributed by atoms with E-state index < -0.39 is 18.4 Å². The van der Waals surface area contributed by atoms with Crippen LogP contribution in [0.2, 0.25) is 0 Å². The number of amides is 1. The smallest absolute Gasteiger partial charge is 0.253 e. The van der Waals surface area contributed by atoms with Gasteiger partial charge in [0.15, 0.2) is 0 Å². The van der Waals surface area contributed by atoms with Crippen molar-refractivity contribution in [3.05, 3.63) is 18.1 Å². The first kappa shape index (κ1) is 26.6. The van der Waals surface area contributed by atoms with Crippen molar-refractivity contribution < 1.29 is 29.2 Å². The number of alkyl halides is 1. The van der Waals surface area contributed by atoms with Crippen molar-refractivity contribution in [2.45, 2.75) is 50.5 Å². The van der Waals surface area contributed by atoms with Gasteiger partial charge in [-0.25, -0.2) is 9.97 Å². The number of rotatable bonds is 15. The molecule has 1 unspecified atom stereocenters. The molecule has 1 fully saturated rings. The number of fused-ring (bicyclic) bond motifs is 1. The number of unbranched alkanes of at least 4 members (excludes halogenated alkanes) is 3. The van der Waals surface area contributed by atoms with Gasteiger partial charge in [-0.3, -0.25) is 4.79 Å². The number of nitrogens with zero attached hydrogens (tertiary/aromatic N) is 3. The van der Waals surface area contributed by atoms with E-state index in [0.717, 1.165) is 25.7 Å². The van der Waals surface area contributed by atoms with Gasteiger partial charge >= 0.3 is 0 Å². The van der Waals surface area contributed by atoms with Gasteiger partial charge in [0.1, 0.15) is 30.1 Å². The van der Waals surface area contributed by atoms with E-state index >= 15 is 0 Å². The third kappa shape index (κ3) is 7.00. The molecule has 1 amide bonds. The average molecular weight is 500 g/mol. The molecular weight excluding hydrogens is 466 g/mol. The molecule has 1 aliphatic heterocycles. The number of aliphatic hydroxyl groups is 2. The highest BCUT2D eigenvalue weighted by atomic mass is 35.5. The molecule has 0 aliphatic carbocycles. The van der Waals surface area contributed by atoms with Gasteiger partial charge in [-0.15, -0.1) is 11.6 Å². The van der Waals surface area contributed by atoms with Gasteiger partial charge in [0.25, 0.3) is 5.91 Å². The Morgan fingerprint density at radius 2 is 1.97 bits per heavy atom. The third-order valence-corrected chi connectivity index (χ3v) is 5.92. The fourth-order valence-corrected chi connectivity index (χ4v) is 4.05. The number of anilines is 1. The van der Waals surface area contributed by atoms with Crippen LogP contribution in [-0.4, -0.2) is 88.3 Å². The fraction of sp³-hybridized carbons (Fsp3) is 0.682. The molecular formula is C22H34ClN5O6. The predicted molar refractivity (Wildman–Crippen MR) is 127 cm³/mol. The molecule has 3 heterocycles. The summed E-state index contributed by atoms with van der Waals surface area (Å²) in [7, 11) is 0. The summed E-state index contributed by atoms with van der Waals surface area (Å²) in [6, 6.07) is 0. The number of halogens is 1. The molecule has 12 heteroatoms. The second-order valence-corrected chi connectivity index (χ2v) is 8.48. The van der Waals surface area contributed by atoms with Crippen molar-refractivity contribution >= 4 is 34.4 Å². The van der Waals surface area contributed by atoms with Gasteiger partial charge in [0.05, 0.1) is 43.5 Å². The normalized spacial score (nSPS) is 20.3. The number of aliphatic hydroxyl groups excluding tert-OH is 2. The quantitative estimate of drug-likeness (QED) is 0.209. The van der Waals surface area contributed by atoms with Gasteiger partial charge in [-0.2, -0.15) is 0 Å². The molecule has 2 aromatic rings. The standard InChI is InChI=1S/C22H34ClN5O6/c23-5-3-1-2-4-7-32-9-10-33-8-6-25-22(31)15-12-28(18-11-16(30)17(13-29)34-18)21-19(15)20(24)26-14-27-21/h12,14,16-18,29-30H,1-11,13H2,(H,25,31)(H2,24,26,27)/t16?,17-,18-/m1/s1. The topological polar surface area (TPSA) is 154 Å². The van der Waals surface area contributed by atoms with Crippen LogP contribution in [0.15, 0.2) is 12.5 Å².